The van der Waals surface area contributed by atoms with Crippen molar-refractivity contribution in [3.63, 3.8) is 0 Å². The predicted molar refractivity (Wildman–Crippen MR) is 225 cm³/mol. The van der Waals surface area contributed by atoms with Crippen LogP contribution in [0.5, 0.6) is 0 Å². The maximum absolute atomic E-state index is 12.7. The molecule has 2 unspecified atom stereocenters. The molecular weight excluding hydrogens is 679 g/mol. The number of likely N-dealkylation sites (N-methyl/N-ethyl adjacent to an activating group) is 1. The first-order chi connectivity index (χ1) is 26.1. The second-order valence-electron chi connectivity index (χ2n) is 16.0. The summed E-state index contributed by atoms with van der Waals surface area (Å²) in [6.45, 7) is 4.68. The number of quaternary nitrogens is 1. The Kier molecular flexibility index (Phi) is 35.8. The minimum absolute atomic E-state index is 0.0475. The first kappa shape index (κ1) is 51.5. The van der Waals surface area contributed by atoms with Gasteiger partial charge in [-0.05, 0) is 64.2 Å². The minimum Gasteiger partial charge on any atom is -0.477 e. The fourth-order valence-corrected chi connectivity index (χ4v) is 6.31. The van der Waals surface area contributed by atoms with Gasteiger partial charge in [0, 0.05) is 19.3 Å². The van der Waals surface area contributed by atoms with E-state index in [4.69, 9.17) is 14.2 Å². The van der Waals surface area contributed by atoms with Crippen LogP contribution in [0, 0.1) is 0 Å². The zero-order chi connectivity index (χ0) is 40.0. The Morgan fingerprint density at radius 1 is 0.556 bits per heavy atom. The van der Waals surface area contributed by atoms with Gasteiger partial charge < -0.3 is 23.8 Å². The number of esters is 2. The van der Waals surface area contributed by atoms with Crippen LogP contribution in [0.25, 0.3) is 0 Å². The number of carbonyl (C=O) groups excluding carboxylic acids is 2. The average Bonchev–Trinajstić information content (AvgIpc) is 3.12. The molecule has 54 heavy (non-hydrogen) atoms. The lowest BCUT2D eigenvalue weighted by atomic mass is 10.1. The monoisotopic (exact) mass is 763 g/mol. The second-order valence-corrected chi connectivity index (χ2v) is 16.0. The summed E-state index contributed by atoms with van der Waals surface area (Å²) in [5, 5.41) is 9.61. The van der Waals surface area contributed by atoms with E-state index >= 15 is 0 Å². The lowest BCUT2D eigenvalue weighted by Gasteiger charge is -2.31. The molecular formula is C46H84NO7+. The Morgan fingerprint density at radius 2 is 0.981 bits per heavy atom. The third-order valence-electron chi connectivity index (χ3n) is 9.79. The van der Waals surface area contributed by atoms with E-state index in [1.807, 2.05) is 21.1 Å². The lowest BCUT2D eigenvalue weighted by molar-refractivity contribution is -0.887. The van der Waals surface area contributed by atoms with Crippen LogP contribution in [0.4, 0.5) is 0 Å². The number of unbranched alkanes of at least 4 members (excludes halogenated alkanes) is 20. The van der Waals surface area contributed by atoms with Crippen molar-refractivity contribution in [2.45, 2.75) is 199 Å². The van der Waals surface area contributed by atoms with Crippen LogP contribution in [0.3, 0.4) is 0 Å². The smallest absolute Gasteiger partial charge is 0.362 e. The van der Waals surface area contributed by atoms with Gasteiger partial charge in [0.15, 0.2) is 12.1 Å². The molecule has 0 saturated heterocycles. The van der Waals surface area contributed by atoms with Crippen LogP contribution >= 0.6 is 0 Å². The van der Waals surface area contributed by atoms with Gasteiger partial charge in [-0.25, -0.2) is 4.79 Å². The highest BCUT2D eigenvalue weighted by Crippen LogP contribution is 2.13. The van der Waals surface area contributed by atoms with E-state index in [1.165, 1.54) is 89.9 Å². The number of rotatable bonds is 39. The van der Waals surface area contributed by atoms with E-state index in [1.54, 1.807) is 0 Å². The van der Waals surface area contributed by atoms with E-state index in [0.29, 0.717) is 19.3 Å². The van der Waals surface area contributed by atoms with Gasteiger partial charge in [0.1, 0.15) is 6.61 Å². The molecule has 1 N–H and O–H groups in total. The molecule has 0 fully saturated rings. The average molecular weight is 763 g/mol. The number of hydrogen-bond donors (Lipinski definition) is 1. The number of carbonyl (C=O) groups is 3. The summed E-state index contributed by atoms with van der Waals surface area (Å²) in [6.07, 6.45) is 41.9. The molecule has 8 heteroatoms. The molecule has 0 aromatic carbocycles. The summed E-state index contributed by atoms with van der Waals surface area (Å²) in [7, 11) is 5.51. The number of aliphatic carboxylic acids is 1. The standard InChI is InChI=1S/C46H83NO7/c1-6-8-10-12-14-16-18-20-22-23-25-26-28-30-32-34-36-44(48)53-41-42(40-52-39-38-43(46(50)51)47(3,4)5)54-45(49)37-35-33-31-29-27-24-21-19-17-15-13-11-9-7-2/h22-27,42-43H,6-21,28-41H2,1-5H3/p+1/b23-22+,26-25+,27-24+. The van der Waals surface area contributed by atoms with E-state index in [0.717, 1.165) is 64.2 Å². The molecule has 0 spiro atoms. The van der Waals surface area contributed by atoms with Crippen LogP contribution in [0.2, 0.25) is 0 Å². The van der Waals surface area contributed by atoms with Gasteiger partial charge in [-0.1, -0.05) is 140 Å². The predicted octanol–water partition coefficient (Wildman–Crippen LogP) is 11.9. The van der Waals surface area contributed by atoms with Gasteiger partial charge >= 0.3 is 17.9 Å². The topological polar surface area (TPSA) is 99.1 Å². The normalized spacial score (nSPS) is 13.3. The molecule has 0 amide bonds. The van der Waals surface area contributed by atoms with Gasteiger partial charge in [0.05, 0.1) is 34.4 Å². The zero-order valence-corrected chi connectivity index (χ0v) is 35.7. The van der Waals surface area contributed by atoms with Gasteiger partial charge in [-0.3, -0.25) is 9.59 Å². The minimum atomic E-state index is -0.881. The Hall–Kier alpha value is -2.45. The van der Waals surface area contributed by atoms with Crippen molar-refractivity contribution in [1.29, 1.82) is 0 Å². The van der Waals surface area contributed by atoms with Crippen LogP contribution in [0.15, 0.2) is 36.5 Å². The Bertz CT molecular complexity index is 984. The molecule has 0 rings (SSSR count). The highest BCUT2D eigenvalue weighted by Gasteiger charge is 2.31. The Balaban J connectivity index is 4.42. The highest BCUT2D eigenvalue weighted by atomic mass is 16.6. The fourth-order valence-electron chi connectivity index (χ4n) is 6.31. The summed E-state index contributed by atoms with van der Waals surface area (Å²) in [4.78, 5) is 36.9. The molecule has 0 bridgehead atoms. The number of nitrogens with zero attached hydrogens (tertiary/aromatic N) is 1. The highest BCUT2D eigenvalue weighted by molar-refractivity contribution is 5.72. The molecule has 314 valence electrons. The number of allylic oxidation sites excluding steroid dienone is 6. The largest absolute Gasteiger partial charge is 0.477 e. The molecule has 0 aliphatic heterocycles. The maximum atomic E-state index is 12.7. The third-order valence-corrected chi connectivity index (χ3v) is 9.79. The van der Waals surface area contributed by atoms with Crippen molar-refractivity contribution in [1.82, 2.24) is 0 Å². The van der Waals surface area contributed by atoms with Crippen LogP contribution in [-0.4, -0.2) is 80.6 Å². The van der Waals surface area contributed by atoms with Crippen LogP contribution < -0.4 is 0 Å². The van der Waals surface area contributed by atoms with E-state index < -0.39 is 18.1 Å². The van der Waals surface area contributed by atoms with Crippen LogP contribution in [-0.2, 0) is 28.6 Å². The molecule has 0 aliphatic rings. The third kappa shape index (κ3) is 35.3. The van der Waals surface area contributed by atoms with Gasteiger partial charge in [0.25, 0.3) is 0 Å². The second kappa shape index (κ2) is 37.5. The van der Waals surface area contributed by atoms with Crippen molar-refractivity contribution in [2.75, 3.05) is 41.0 Å². The fraction of sp³-hybridized carbons (Fsp3) is 0.804. The first-order valence-corrected chi connectivity index (χ1v) is 22.0. The van der Waals surface area contributed by atoms with Gasteiger partial charge in [0.2, 0.25) is 0 Å². The molecule has 8 nitrogen and oxygen atoms in total. The lowest BCUT2D eigenvalue weighted by Crippen LogP contribution is -2.50. The molecule has 2 atom stereocenters. The van der Waals surface area contributed by atoms with Crippen LogP contribution in [0.1, 0.15) is 187 Å². The van der Waals surface area contributed by atoms with E-state index in [2.05, 4.69) is 50.3 Å². The Morgan fingerprint density at radius 3 is 1.44 bits per heavy atom. The number of ether oxygens (including phenoxy) is 3. The molecule has 0 aliphatic carbocycles. The molecule has 0 radical (unpaired) electrons. The van der Waals surface area contributed by atoms with Crippen molar-refractivity contribution in [3.05, 3.63) is 36.5 Å². The summed E-state index contributed by atoms with van der Waals surface area (Å²) in [6, 6.07) is -0.620. The quantitative estimate of drug-likeness (QED) is 0.0219. The summed E-state index contributed by atoms with van der Waals surface area (Å²) in [5.41, 5.74) is 0. The van der Waals surface area contributed by atoms with Gasteiger partial charge in [-0.2, -0.15) is 0 Å². The number of carboxylic acid groups (broad SMARTS) is 1. The SMILES string of the molecule is CCCCCCCCC/C=C/C=C/CCCCCC(=O)OCC(COCCC(C(=O)O)[N+](C)(C)C)OC(=O)CCCCC/C=C/CCCCCCCCC. The summed E-state index contributed by atoms with van der Waals surface area (Å²) < 4.78 is 17.2. The van der Waals surface area contributed by atoms with E-state index in [-0.39, 0.29) is 36.2 Å². The van der Waals surface area contributed by atoms with E-state index in [9.17, 15) is 19.5 Å². The summed E-state index contributed by atoms with van der Waals surface area (Å²) in [5.74, 6) is -1.52. The summed E-state index contributed by atoms with van der Waals surface area (Å²) >= 11 is 0. The van der Waals surface area contributed by atoms with Crippen molar-refractivity contribution < 1.29 is 38.2 Å². The molecule has 0 aromatic rings. The maximum Gasteiger partial charge on any atom is 0.362 e. The molecule has 0 saturated carbocycles. The Labute approximate surface area is 332 Å². The molecule has 0 heterocycles. The zero-order valence-electron chi connectivity index (χ0n) is 35.7. The van der Waals surface area contributed by atoms with Crippen molar-refractivity contribution >= 4 is 17.9 Å². The van der Waals surface area contributed by atoms with Gasteiger partial charge in [-0.15, -0.1) is 0 Å². The first-order valence-electron chi connectivity index (χ1n) is 22.0. The molecule has 0 aromatic heterocycles. The van der Waals surface area contributed by atoms with Crippen molar-refractivity contribution in [3.8, 4) is 0 Å². The number of carboxylic acids is 1. The van der Waals surface area contributed by atoms with Crippen molar-refractivity contribution in [2.24, 2.45) is 0 Å². The number of hydrogen-bond acceptors (Lipinski definition) is 6.